The van der Waals surface area contributed by atoms with Crippen LogP contribution in [-0.2, 0) is 11.3 Å². The Balaban J connectivity index is 1.60. The number of nitrogens with one attached hydrogen (secondary N) is 1. The summed E-state index contributed by atoms with van der Waals surface area (Å²) in [7, 11) is 0. The Kier molecular flexibility index (Phi) is 5.90. The van der Waals surface area contributed by atoms with Gasteiger partial charge in [0.05, 0.1) is 11.4 Å². The molecule has 1 aromatic heterocycles. The predicted molar refractivity (Wildman–Crippen MR) is 103 cm³/mol. The number of amides is 1. The van der Waals surface area contributed by atoms with Crippen LogP contribution < -0.4 is 5.32 Å². The van der Waals surface area contributed by atoms with Crippen LogP contribution in [0.4, 0.5) is 0 Å². The number of benzene rings is 2. The van der Waals surface area contributed by atoms with E-state index in [2.05, 4.69) is 26.9 Å². The molecule has 134 valence electrons. The summed E-state index contributed by atoms with van der Waals surface area (Å²) in [5, 5.41) is 15.9. The quantitative estimate of drug-likeness (QED) is 0.657. The summed E-state index contributed by atoms with van der Waals surface area (Å²) in [4.78, 5) is 12.1. The lowest BCUT2D eigenvalue weighted by atomic mass is 10.1. The molecule has 8 heteroatoms. The average molecular weight is 388 g/mol. The molecule has 2 aromatic carbocycles. The first-order valence-corrected chi connectivity index (χ1v) is 9.39. The summed E-state index contributed by atoms with van der Waals surface area (Å²) in [6.07, 6.45) is 0. The minimum atomic E-state index is -0.0925. The fraction of sp³-hybridized carbons (Fsp3) is 0.222. The van der Waals surface area contributed by atoms with E-state index in [1.165, 1.54) is 17.3 Å². The van der Waals surface area contributed by atoms with Gasteiger partial charge in [-0.15, -0.1) is 5.10 Å². The molecule has 0 saturated heterocycles. The minimum absolute atomic E-state index is 0.0925. The average Bonchev–Trinajstić information content (AvgIpc) is 3.06. The van der Waals surface area contributed by atoms with Gasteiger partial charge in [-0.05, 0) is 53.6 Å². The Morgan fingerprint density at radius 3 is 2.85 bits per heavy atom. The Hall–Kier alpha value is -2.38. The van der Waals surface area contributed by atoms with Gasteiger partial charge in [0.2, 0.25) is 11.1 Å². The molecule has 1 heterocycles. The van der Waals surface area contributed by atoms with Crippen molar-refractivity contribution in [2.45, 2.75) is 25.5 Å². The van der Waals surface area contributed by atoms with Crippen molar-refractivity contribution in [3.8, 4) is 5.69 Å². The Morgan fingerprint density at radius 1 is 1.23 bits per heavy atom. The van der Waals surface area contributed by atoms with Crippen molar-refractivity contribution in [2.24, 2.45) is 0 Å². The van der Waals surface area contributed by atoms with Crippen molar-refractivity contribution >= 4 is 29.3 Å². The van der Waals surface area contributed by atoms with Crippen molar-refractivity contribution < 1.29 is 4.79 Å². The van der Waals surface area contributed by atoms with E-state index in [9.17, 15) is 4.79 Å². The molecule has 0 saturated carbocycles. The standard InChI is InChI=1S/C18H18ClN5OS/c1-12-6-7-16(13(2)8-12)24-18(21-22-23-24)26-11-17(25)20-10-14-4-3-5-15(19)9-14/h3-9H,10-11H2,1-2H3,(H,20,25). The molecule has 0 spiro atoms. The SMILES string of the molecule is Cc1ccc(-n2nnnc2SCC(=O)NCc2cccc(Cl)c2)c(C)c1. The third-order valence-corrected chi connectivity index (χ3v) is 4.89. The van der Waals surface area contributed by atoms with E-state index in [1.54, 1.807) is 10.7 Å². The van der Waals surface area contributed by atoms with Gasteiger partial charge in [0.15, 0.2) is 0 Å². The highest BCUT2D eigenvalue weighted by molar-refractivity contribution is 7.99. The number of thioether (sulfide) groups is 1. The molecule has 3 rings (SSSR count). The van der Waals surface area contributed by atoms with E-state index in [4.69, 9.17) is 11.6 Å². The normalized spacial score (nSPS) is 10.7. The molecular formula is C18H18ClN5OS. The van der Waals surface area contributed by atoms with Gasteiger partial charge in [-0.1, -0.05) is 53.2 Å². The van der Waals surface area contributed by atoms with Crippen LogP contribution in [0.15, 0.2) is 47.6 Å². The van der Waals surface area contributed by atoms with Crippen LogP contribution in [0.1, 0.15) is 16.7 Å². The molecule has 0 atom stereocenters. The molecule has 0 aliphatic carbocycles. The number of carbonyl (C=O) groups is 1. The summed E-state index contributed by atoms with van der Waals surface area (Å²) in [6.45, 7) is 4.48. The van der Waals surface area contributed by atoms with Crippen LogP contribution in [-0.4, -0.2) is 31.9 Å². The number of hydrogen-bond acceptors (Lipinski definition) is 5. The van der Waals surface area contributed by atoms with Gasteiger partial charge in [-0.3, -0.25) is 4.79 Å². The van der Waals surface area contributed by atoms with Gasteiger partial charge in [0.25, 0.3) is 0 Å². The highest BCUT2D eigenvalue weighted by Crippen LogP contribution is 2.21. The molecule has 0 aliphatic rings. The van der Waals surface area contributed by atoms with Gasteiger partial charge in [0, 0.05) is 11.6 Å². The number of tetrazole rings is 1. The third kappa shape index (κ3) is 4.62. The number of carbonyl (C=O) groups excluding carboxylic acids is 1. The lowest BCUT2D eigenvalue weighted by Gasteiger charge is -2.08. The Labute approximate surface area is 160 Å². The van der Waals surface area contributed by atoms with Crippen LogP contribution >= 0.6 is 23.4 Å². The van der Waals surface area contributed by atoms with Crippen LogP contribution in [0.2, 0.25) is 5.02 Å². The fourth-order valence-electron chi connectivity index (χ4n) is 2.49. The van der Waals surface area contributed by atoms with Gasteiger partial charge in [-0.25, -0.2) is 0 Å². The van der Waals surface area contributed by atoms with Crippen LogP contribution in [0.25, 0.3) is 5.69 Å². The summed E-state index contributed by atoms with van der Waals surface area (Å²) < 4.78 is 1.66. The largest absolute Gasteiger partial charge is 0.351 e. The molecule has 0 aliphatic heterocycles. The number of halogens is 1. The maximum atomic E-state index is 12.1. The summed E-state index contributed by atoms with van der Waals surface area (Å²) >= 11 is 7.24. The number of aromatic nitrogens is 4. The number of hydrogen-bond donors (Lipinski definition) is 1. The molecule has 6 nitrogen and oxygen atoms in total. The van der Waals surface area contributed by atoms with Crippen molar-refractivity contribution in [3.63, 3.8) is 0 Å². The van der Waals surface area contributed by atoms with E-state index in [0.29, 0.717) is 16.7 Å². The molecule has 1 amide bonds. The van der Waals surface area contributed by atoms with Crippen molar-refractivity contribution in [3.05, 3.63) is 64.2 Å². The molecular weight excluding hydrogens is 370 g/mol. The predicted octanol–water partition coefficient (Wildman–Crippen LogP) is 3.34. The Bertz CT molecular complexity index is 927. The van der Waals surface area contributed by atoms with E-state index in [1.807, 2.05) is 44.2 Å². The molecule has 0 fully saturated rings. The zero-order chi connectivity index (χ0) is 18.5. The molecule has 0 radical (unpaired) electrons. The van der Waals surface area contributed by atoms with Gasteiger partial charge in [0.1, 0.15) is 0 Å². The van der Waals surface area contributed by atoms with Crippen LogP contribution in [0.3, 0.4) is 0 Å². The van der Waals surface area contributed by atoms with E-state index >= 15 is 0 Å². The fourth-order valence-corrected chi connectivity index (χ4v) is 3.42. The minimum Gasteiger partial charge on any atom is -0.351 e. The Morgan fingerprint density at radius 2 is 2.08 bits per heavy atom. The maximum absolute atomic E-state index is 12.1. The van der Waals surface area contributed by atoms with Gasteiger partial charge in [-0.2, -0.15) is 4.68 Å². The lowest BCUT2D eigenvalue weighted by molar-refractivity contribution is -0.118. The van der Waals surface area contributed by atoms with Crippen molar-refractivity contribution in [1.82, 2.24) is 25.5 Å². The van der Waals surface area contributed by atoms with Crippen LogP contribution in [0, 0.1) is 13.8 Å². The van der Waals surface area contributed by atoms with Crippen LogP contribution in [0.5, 0.6) is 0 Å². The zero-order valence-electron chi connectivity index (χ0n) is 14.4. The second-order valence-electron chi connectivity index (χ2n) is 5.86. The molecule has 0 unspecified atom stereocenters. The van der Waals surface area contributed by atoms with Crippen molar-refractivity contribution in [2.75, 3.05) is 5.75 Å². The van der Waals surface area contributed by atoms with Gasteiger partial charge < -0.3 is 5.32 Å². The van der Waals surface area contributed by atoms with E-state index in [-0.39, 0.29) is 11.7 Å². The van der Waals surface area contributed by atoms with E-state index in [0.717, 1.165) is 16.8 Å². The first-order chi connectivity index (χ1) is 12.5. The highest BCUT2D eigenvalue weighted by atomic mass is 35.5. The molecule has 0 bridgehead atoms. The molecule has 3 aromatic rings. The smallest absolute Gasteiger partial charge is 0.230 e. The highest BCUT2D eigenvalue weighted by Gasteiger charge is 2.13. The third-order valence-electron chi connectivity index (χ3n) is 3.73. The summed E-state index contributed by atoms with van der Waals surface area (Å²) in [5.74, 6) is 0.136. The number of rotatable bonds is 6. The zero-order valence-corrected chi connectivity index (χ0v) is 16.0. The summed E-state index contributed by atoms with van der Waals surface area (Å²) in [6, 6.07) is 13.5. The van der Waals surface area contributed by atoms with Gasteiger partial charge >= 0.3 is 0 Å². The van der Waals surface area contributed by atoms with E-state index < -0.39 is 0 Å². The second-order valence-corrected chi connectivity index (χ2v) is 7.24. The molecule has 26 heavy (non-hydrogen) atoms. The first-order valence-electron chi connectivity index (χ1n) is 8.03. The topological polar surface area (TPSA) is 72.7 Å². The number of aryl methyl sites for hydroxylation is 2. The second kappa shape index (κ2) is 8.33. The monoisotopic (exact) mass is 387 g/mol. The maximum Gasteiger partial charge on any atom is 0.230 e. The first kappa shape index (κ1) is 18.4. The lowest BCUT2D eigenvalue weighted by Crippen LogP contribution is -2.24. The molecule has 1 N–H and O–H groups in total. The number of nitrogens with zero attached hydrogens (tertiary/aromatic N) is 4. The summed E-state index contributed by atoms with van der Waals surface area (Å²) in [5.41, 5.74) is 4.11. The van der Waals surface area contributed by atoms with Crippen molar-refractivity contribution in [1.29, 1.82) is 0 Å².